The third kappa shape index (κ3) is 9.43. The van der Waals surface area contributed by atoms with Crippen molar-refractivity contribution in [1.29, 1.82) is 0 Å². The molecule has 0 aliphatic heterocycles. The molecule has 0 saturated carbocycles. The number of ether oxygens (including phenoxy) is 1. The van der Waals surface area contributed by atoms with E-state index >= 15 is 0 Å². The molecule has 0 saturated heterocycles. The number of carbonyl (C=O) groups is 2. The summed E-state index contributed by atoms with van der Waals surface area (Å²) in [4.78, 5) is 44.3. The van der Waals surface area contributed by atoms with Gasteiger partial charge in [0.05, 0.1) is 17.7 Å². The number of urea groups is 1. The lowest BCUT2D eigenvalue weighted by molar-refractivity contribution is -0.274. The number of carboxylic acids is 1. The summed E-state index contributed by atoms with van der Waals surface area (Å²) in [6.07, 6.45) is -2.95. The van der Waals surface area contributed by atoms with Crippen LogP contribution in [0.3, 0.4) is 0 Å². The average molecular weight is 549 g/mol. The van der Waals surface area contributed by atoms with Crippen LogP contribution in [0.2, 0.25) is 0 Å². The number of nitrogens with one attached hydrogen (secondary N) is 3. The van der Waals surface area contributed by atoms with E-state index in [1.165, 1.54) is 24.4 Å². The maximum absolute atomic E-state index is 12.6. The van der Waals surface area contributed by atoms with Crippen molar-refractivity contribution in [2.75, 3.05) is 30.3 Å². The van der Waals surface area contributed by atoms with E-state index in [2.05, 4.69) is 25.3 Å². The van der Waals surface area contributed by atoms with Gasteiger partial charge in [-0.2, -0.15) is 0 Å². The summed E-state index contributed by atoms with van der Waals surface area (Å²) < 4.78 is 41.6. The molecule has 3 rings (SSSR count). The van der Waals surface area contributed by atoms with Crippen LogP contribution in [-0.4, -0.2) is 58.0 Å². The number of aromatic nitrogens is 2. The molecule has 14 heteroatoms. The van der Waals surface area contributed by atoms with Gasteiger partial charge in [0, 0.05) is 19.3 Å². The second-order valence-electron chi connectivity index (χ2n) is 8.36. The van der Waals surface area contributed by atoms with Crippen molar-refractivity contribution in [3.8, 4) is 16.9 Å². The predicted molar refractivity (Wildman–Crippen MR) is 137 cm³/mol. The van der Waals surface area contributed by atoms with Gasteiger partial charge < -0.3 is 20.9 Å². The Morgan fingerprint density at radius 2 is 1.79 bits per heavy atom. The molecule has 1 aromatic heterocycles. The van der Waals surface area contributed by atoms with Crippen LogP contribution in [0.4, 0.5) is 29.6 Å². The number of H-pyrrole nitrogens is 1. The van der Waals surface area contributed by atoms with Crippen molar-refractivity contribution in [3.63, 3.8) is 0 Å². The lowest BCUT2D eigenvalue weighted by atomic mass is 10.1. The molecule has 3 aromatic rings. The summed E-state index contributed by atoms with van der Waals surface area (Å²) in [5.74, 6) is -1.71. The molecule has 0 aliphatic rings. The molecule has 2 amide bonds. The van der Waals surface area contributed by atoms with E-state index in [4.69, 9.17) is 10.8 Å². The molecule has 0 spiro atoms. The van der Waals surface area contributed by atoms with E-state index in [1.54, 1.807) is 12.1 Å². The molecule has 0 fully saturated rings. The van der Waals surface area contributed by atoms with Crippen LogP contribution in [0, 0.1) is 0 Å². The summed E-state index contributed by atoms with van der Waals surface area (Å²) in [5, 5.41) is 13.4. The van der Waals surface area contributed by atoms with E-state index in [0.29, 0.717) is 31.7 Å². The summed E-state index contributed by atoms with van der Waals surface area (Å²) in [7, 11) is 0. The Hall–Kier alpha value is -4.43. The van der Waals surface area contributed by atoms with Gasteiger partial charge in [-0.15, -0.1) is 13.2 Å². The minimum atomic E-state index is -4.95. The Morgan fingerprint density at radius 1 is 1.08 bits per heavy atom. The highest BCUT2D eigenvalue weighted by molar-refractivity contribution is 5.99. The Bertz CT molecular complexity index is 1330. The number of anilines is 2. The van der Waals surface area contributed by atoms with Crippen LogP contribution in [0.5, 0.6) is 5.75 Å². The first-order chi connectivity index (χ1) is 18.5. The Kier molecular flexibility index (Phi) is 10.0. The highest BCUT2D eigenvalue weighted by atomic mass is 19.4. The van der Waals surface area contributed by atoms with E-state index < -0.39 is 29.7 Å². The zero-order valence-corrected chi connectivity index (χ0v) is 20.6. The first-order valence-corrected chi connectivity index (χ1v) is 11.8. The van der Waals surface area contributed by atoms with E-state index in [1.807, 2.05) is 17.0 Å². The maximum Gasteiger partial charge on any atom is 0.573 e. The van der Waals surface area contributed by atoms with Crippen molar-refractivity contribution in [1.82, 2.24) is 14.9 Å². The van der Waals surface area contributed by atoms with Gasteiger partial charge in [-0.25, -0.2) is 9.78 Å². The van der Waals surface area contributed by atoms with Gasteiger partial charge in [-0.1, -0.05) is 36.4 Å². The average Bonchev–Trinajstić information content (AvgIpc) is 2.86. The standard InChI is InChI=1S/C25H27F3N6O5/c26-25(27,28)39-20-5-2-1-4-19(20)31-24(38)33-23-30-14-18(22(37)32-23)17-8-6-16(7-9-17)15-34(12-3-11-29)13-10-21(35)36/h1-2,4-9,14H,3,10-13,15,29H2,(H,35,36)(H3,30,31,32,33,37,38). The Labute approximate surface area is 220 Å². The molecule has 11 nitrogen and oxygen atoms in total. The highest BCUT2D eigenvalue weighted by Crippen LogP contribution is 2.30. The highest BCUT2D eigenvalue weighted by Gasteiger charge is 2.32. The van der Waals surface area contributed by atoms with Gasteiger partial charge in [0.1, 0.15) is 0 Å². The quantitative estimate of drug-likeness (QED) is 0.229. The number of amides is 2. The molecule has 2 aromatic carbocycles. The van der Waals surface area contributed by atoms with Gasteiger partial charge in [-0.05, 0) is 42.8 Å². The second kappa shape index (κ2) is 13.4. The molecule has 6 N–H and O–H groups in total. The third-order valence-corrected chi connectivity index (χ3v) is 5.38. The van der Waals surface area contributed by atoms with Crippen molar-refractivity contribution in [2.45, 2.75) is 25.7 Å². The van der Waals surface area contributed by atoms with Crippen molar-refractivity contribution < 1.29 is 32.6 Å². The summed E-state index contributed by atoms with van der Waals surface area (Å²) >= 11 is 0. The van der Waals surface area contributed by atoms with Crippen LogP contribution in [0.1, 0.15) is 18.4 Å². The molecule has 208 valence electrons. The summed E-state index contributed by atoms with van der Waals surface area (Å²) in [5.41, 5.74) is 6.47. The number of para-hydroxylation sites is 2. The van der Waals surface area contributed by atoms with Gasteiger partial charge >= 0.3 is 18.4 Å². The van der Waals surface area contributed by atoms with E-state index in [9.17, 15) is 27.6 Å². The zero-order chi connectivity index (χ0) is 28.4. The van der Waals surface area contributed by atoms with Crippen molar-refractivity contribution in [3.05, 3.63) is 70.6 Å². The molecule has 0 radical (unpaired) electrons. The SMILES string of the molecule is NCCCN(CCC(=O)O)Cc1ccc(-c2cnc(NC(=O)Nc3ccccc3OC(F)(F)F)[nH]c2=O)cc1. The molecule has 0 unspecified atom stereocenters. The lowest BCUT2D eigenvalue weighted by Crippen LogP contribution is -2.28. The zero-order valence-electron chi connectivity index (χ0n) is 20.6. The normalized spacial score (nSPS) is 11.3. The molecule has 0 bridgehead atoms. The number of nitrogens with two attached hydrogens (primary N) is 1. The van der Waals surface area contributed by atoms with Crippen molar-refractivity contribution >= 4 is 23.6 Å². The van der Waals surface area contributed by atoms with Crippen molar-refractivity contribution in [2.24, 2.45) is 5.73 Å². The van der Waals surface area contributed by atoms with Gasteiger partial charge in [0.15, 0.2) is 5.75 Å². The van der Waals surface area contributed by atoms with Gasteiger partial charge in [-0.3, -0.25) is 24.8 Å². The fourth-order valence-electron chi connectivity index (χ4n) is 3.60. The maximum atomic E-state index is 12.6. The monoisotopic (exact) mass is 548 g/mol. The van der Waals surface area contributed by atoms with Crippen LogP contribution in [0.25, 0.3) is 11.1 Å². The third-order valence-electron chi connectivity index (χ3n) is 5.38. The smallest absolute Gasteiger partial charge is 0.481 e. The molecule has 0 atom stereocenters. The summed E-state index contributed by atoms with van der Waals surface area (Å²) in [6, 6.07) is 11.1. The molecule has 39 heavy (non-hydrogen) atoms. The topological polar surface area (TPSA) is 163 Å². The fraction of sp³-hybridized carbons (Fsp3) is 0.280. The van der Waals surface area contributed by atoms with Gasteiger partial charge in [0.25, 0.3) is 5.56 Å². The number of nitrogens with zero attached hydrogens (tertiary/aromatic N) is 2. The Balaban J connectivity index is 1.65. The fourth-order valence-corrected chi connectivity index (χ4v) is 3.60. The largest absolute Gasteiger partial charge is 0.573 e. The molecule has 0 aliphatic carbocycles. The number of benzene rings is 2. The predicted octanol–water partition coefficient (Wildman–Crippen LogP) is 3.61. The minimum absolute atomic E-state index is 0.00988. The molecule has 1 heterocycles. The molecular weight excluding hydrogens is 521 g/mol. The first kappa shape index (κ1) is 29.1. The van der Waals surface area contributed by atoms with Crippen LogP contribution in [0.15, 0.2) is 59.5 Å². The second-order valence-corrected chi connectivity index (χ2v) is 8.36. The number of carbonyl (C=O) groups excluding carboxylic acids is 1. The summed E-state index contributed by atoms with van der Waals surface area (Å²) in [6.45, 7) is 2.03. The van der Waals surface area contributed by atoms with Gasteiger partial charge in [0.2, 0.25) is 5.95 Å². The van der Waals surface area contributed by atoms with Crippen LogP contribution >= 0.6 is 0 Å². The number of alkyl halides is 3. The Morgan fingerprint density at radius 3 is 2.44 bits per heavy atom. The van der Waals surface area contributed by atoms with Crippen LogP contribution < -0.4 is 26.7 Å². The number of rotatable bonds is 12. The first-order valence-electron chi connectivity index (χ1n) is 11.8. The minimum Gasteiger partial charge on any atom is -0.481 e. The number of aromatic amines is 1. The molecular formula is C25H27F3N6O5. The van der Waals surface area contributed by atoms with Crippen LogP contribution in [-0.2, 0) is 11.3 Å². The number of aliphatic carboxylic acids is 1. The number of carboxylic acid groups (broad SMARTS) is 1. The number of hydrogen-bond donors (Lipinski definition) is 5. The number of hydrogen-bond acceptors (Lipinski definition) is 7. The van der Waals surface area contributed by atoms with E-state index in [0.717, 1.165) is 18.1 Å². The van der Waals surface area contributed by atoms with E-state index in [-0.39, 0.29) is 23.6 Å². The number of halogens is 3. The lowest BCUT2D eigenvalue weighted by Gasteiger charge is -2.21.